The van der Waals surface area contributed by atoms with E-state index in [0.717, 1.165) is 11.1 Å². The fourth-order valence-corrected chi connectivity index (χ4v) is 4.16. The molecule has 1 heterocycles. The number of alkyl carbamates (subject to hydrolysis) is 1. The minimum atomic E-state index is -1.19. The van der Waals surface area contributed by atoms with E-state index in [1.165, 1.54) is 23.5 Å². The summed E-state index contributed by atoms with van der Waals surface area (Å²) >= 11 is 6.02. The average Bonchev–Trinajstić information content (AvgIpc) is 3.11. The van der Waals surface area contributed by atoms with Crippen molar-refractivity contribution < 1.29 is 19.7 Å². The van der Waals surface area contributed by atoms with Gasteiger partial charge in [0.05, 0.1) is 6.10 Å². The number of rotatable bonds is 7. The molecule has 0 spiro atoms. The minimum absolute atomic E-state index is 0.0155. The molecular formula is C24H23ClN2O4. The summed E-state index contributed by atoms with van der Waals surface area (Å²) in [6.07, 6.45) is 0.194. The van der Waals surface area contributed by atoms with E-state index in [9.17, 15) is 15.0 Å². The lowest BCUT2D eigenvalue weighted by atomic mass is 9.98. The molecule has 0 saturated heterocycles. The highest BCUT2D eigenvalue weighted by atomic mass is 35.5. The molecule has 7 heteroatoms. The molecule has 2 atom stereocenters. The van der Waals surface area contributed by atoms with Gasteiger partial charge in [-0.3, -0.25) is 4.98 Å². The second-order valence-electron chi connectivity index (χ2n) is 7.45. The smallest absolute Gasteiger partial charge is 0.407 e. The third-order valence-electron chi connectivity index (χ3n) is 5.53. The molecule has 4 rings (SSSR count). The number of hydrogen-bond acceptors (Lipinski definition) is 5. The van der Waals surface area contributed by atoms with Gasteiger partial charge in [0, 0.05) is 35.4 Å². The Morgan fingerprint density at radius 3 is 2.35 bits per heavy atom. The monoisotopic (exact) mass is 438 g/mol. The first-order valence-corrected chi connectivity index (χ1v) is 10.5. The van der Waals surface area contributed by atoms with Gasteiger partial charge in [0.15, 0.2) is 0 Å². The number of carbonyl (C=O) groups is 1. The number of aliphatic hydroxyl groups excluding tert-OH is 2. The summed E-state index contributed by atoms with van der Waals surface area (Å²) in [5.74, 6) is -0.0155. The molecule has 1 aliphatic rings. The summed E-state index contributed by atoms with van der Waals surface area (Å²) in [4.78, 5) is 16.1. The number of aliphatic hydroxyl groups is 2. The van der Waals surface area contributed by atoms with Gasteiger partial charge in [0.1, 0.15) is 12.7 Å². The highest BCUT2D eigenvalue weighted by Crippen LogP contribution is 2.44. The van der Waals surface area contributed by atoms with Crippen LogP contribution in [0.4, 0.5) is 4.79 Å². The van der Waals surface area contributed by atoms with Gasteiger partial charge in [-0.05, 0) is 34.7 Å². The van der Waals surface area contributed by atoms with E-state index in [-0.39, 0.29) is 25.5 Å². The molecule has 1 amide bonds. The standard InChI is InChI=1S/C24H23ClN2O4/c25-21-9-11-26-13-19(21)23(29)22(28)10-12-27-24(30)31-14-20-17-7-3-1-5-15(17)16-6-2-4-8-18(16)20/h1-9,11,13,20,22-23,28-29H,10,12,14H2,(H,27,30). The van der Waals surface area contributed by atoms with Crippen molar-refractivity contribution >= 4 is 17.7 Å². The van der Waals surface area contributed by atoms with Gasteiger partial charge in [0.2, 0.25) is 0 Å². The van der Waals surface area contributed by atoms with E-state index in [1.54, 1.807) is 6.07 Å². The van der Waals surface area contributed by atoms with Crippen molar-refractivity contribution in [1.29, 1.82) is 0 Å². The molecule has 2 aromatic carbocycles. The quantitative estimate of drug-likeness (QED) is 0.517. The number of halogens is 1. The van der Waals surface area contributed by atoms with Crippen LogP contribution in [0.2, 0.25) is 5.02 Å². The maximum absolute atomic E-state index is 12.2. The maximum Gasteiger partial charge on any atom is 0.407 e. The Bertz CT molecular complexity index is 1030. The van der Waals surface area contributed by atoms with Crippen molar-refractivity contribution in [1.82, 2.24) is 10.3 Å². The zero-order valence-electron chi connectivity index (χ0n) is 16.7. The Morgan fingerprint density at radius 1 is 1.06 bits per heavy atom. The van der Waals surface area contributed by atoms with E-state index >= 15 is 0 Å². The number of benzene rings is 2. The first kappa shape index (κ1) is 21.3. The topological polar surface area (TPSA) is 91.7 Å². The predicted molar refractivity (Wildman–Crippen MR) is 118 cm³/mol. The van der Waals surface area contributed by atoms with E-state index in [1.807, 2.05) is 24.3 Å². The van der Waals surface area contributed by atoms with E-state index in [4.69, 9.17) is 16.3 Å². The molecule has 1 aliphatic carbocycles. The van der Waals surface area contributed by atoms with Gasteiger partial charge in [-0.15, -0.1) is 0 Å². The highest BCUT2D eigenvalue weighted by molar-refractivity contribution is 6.31. The van der Waals surface area contributed by atoms with Crippen LogP contribution in [0.3, 0.4) is 0 Å². The fraction of sp³-hybridized carbons (Fsp3) is 0.250. The van der Waals surface area contributed by atoms with Crippen LogP contribution in [0, 0.1) is 0 Å². The van der Waals surface area contributed by atoms with Gasteiger partial charge in [-0.25, -0.2) is 4.79 Å². The number of nitrogens with zero attached hydrogens (tertiary/aromatic N) is 1. The second-order valence-corrected chi connectivity index (χ2v) is 7.86. The highest BCUT2D eigenvalue weighted by Gasteiger charge is 2.29. The molecule has 0 saturated carbocycles. The number of fused-ring (bicyclic) bond motifs is 3. The van der Waals surface area contributed by atoms with E-state index in [0.29, 0.717) is 10.6 Å². The summed E-state index contributed by atoms with van der Waals surface area (Å²) < 4.78 is 5.46. The molecule has 0 fully saturated rings. The van der Waals surface area contributed by atoms with Crippen molar-refractivity contribution in [3.05, 3.63) is 88.7 Å². The predicted octanol–water partition coefficient (Wildman–Crippen LogP) is 4.06. The Balaban J connectivity index is 1.29. The van der Waals surface area contributed by atoms with Crippen LogP contribution in [0.1, 0.15) is 35.1 Å². The van der Waals surface area contributed by atoms with Crippen LogP contribution >= 0.6 is 11.6 Å². The molecule has 160 valence electrons. The van der Waals surface area contributed by atoms with Gasteiger partial charge < -0.3 is 20.3 Å². The molecule has 0 aliphatic heterocycles. The molecule has 1 aromatic heterocycles. The number of pyridine rings is 1. The zero-order valence-corrected chi connectivity index (χ0v) is 17.5. The first-order chi connectivity index (χ1) is 15.1. The SMILES string of the molecule is O=C(NCCC(O)C(O)c1cnccc1Cl)OCC1c2ccccc2-c2ccccc21. The molecular weight excluding hydrogens is 416 g/mol. The van der Waals surface area contributed by atoms with Crippen molar-refractivity contribution in [2.75, 3.05) is 13.2 Å². The summed E-state index contributed by atoms with van der Waals surface area (Å²) in [6.45, 7) is 0.364. The first-order valence-electron chi connectivity index (χ1n) is 10.1. The Kier molecular flexibility index (Phi) is 6.51. The van der Waals surface area contributed by atoms with Crippen LogP contribution in [0.15, 0.2) is 67.0 Å². The van der Waals surface area contributed by atoms with Crippen LogP contribution < -0.4 is 5.32 Å². The average molecular weight is 439 g/mol. The van der Waals surface area contributed by atoms with Gasteiger partial charge in [0.25, 0.3) is 0 Å². The number of amides is 1. The number of aromatic nitrogens is 1. The number of ether oxygens (including phenoxy) is 1. The van der Waals surface area contributed by atoms with Crippen LogP contribution in [0.5, 0.6) is 0 Å². The normalized spacial score (nSPS) is 14.4. The second kappa shape index (κ2) is 9.47. The molecule has 3 aromatic rings. The van der Waals surface area contributed by atoms with Crippen molar-refractivity contribution in [2.24, 2.45) is 0 Å². The molecule has 3 N–H and O–H groups in total. The van der Waals surface area contributed by atoms with Gasteiger partial charge >= 0.3 is 6.09 Å². The van der Waals surface area contributed by atoms with Crippen molar-refractivity contribution in [3.63, 3.8) is 0 Å². The van der Waals surface area contributed by atoms with Gasteiger partial charge in [-0.1, -0.05) is 60.1 Å². The Labute approximate surface area is 185 Å². The summed E-state index contributed by atoms with van der Waals surface area (Å²) in [5.41, 5.74) is 4.96. The molecule has 2 unspecified atom stereocenters. The molecule has 31 heavy (non-hydrogen) atoms. The van der Waals surface area contributed by atoms with E-state index < -0.39 is 18.3 Å². The largest absolute Gasteiger partial charge is 0.449 e. The Morgan fingerprint density at radius 2 is 1.71 bits per heavy atom. The van der Waals surface area contributed by atoms with Crippen molar-refractivity contribution in [2.45, 2.75) is 24.5 Å². The molecule has 6 nitrogen and oxygen atoms in total. The third-order valence-corrected chi connectivity index (χ3v) is 5.88. The number of nitrogens with one attached hydrogen (secondary N) is 1. The number of carbonyl (C=O) groups excluding carboxylic acids is 1. The minimum Gasteiger partial charge on any atom is -0.449 e. The van der Waals surface area contributed by atoms with Crippen LogP contribution in [-0.4, -0.2) is 40.5 Å². The van der Waals surface area contributed by atoms with Gasteiger partial charge in [-0.2, -0.15) is 0 Å². The summed E-state index contributed by atoms with van der Waals surface area (Å²) in [5, 5.41) is 23.4. The third kappa shape index (κ3) is 4.56. The molecule has 0 bridgehead atoms. The lowest BCUT2D eigenvalue weighted by Crippen LogP contribution is -2.30. The fourth-order valence-electron chi connectivity index (χ4n) is 3.94. The maximum atomic E-state index is 12.2. The van der Waals surface area contributed by atoms with E-state index in [2.05, 4.69) is 34.6 Å². The van der Waals surface area contributed by atoms with Crippen LogP contribution in [-0.2, 0) is 4.74 Å². The summed E-state index contributed by atoms with van der Waals surface area (Å²) in [6, 6.07) is 17.8. The van der Waals surface area contributed by atoms with Crippen LogP contribution in [0.25, 0.3) is 11.1 Å². The molecule has 0 radical (unpaired) electrons. The zero-order chi connectivity index (χ0) is 21.8. The lowest BCUT2D eigenvalue weighted by molar-refractivity contribution is 0.0135. The number of hydrogen-bond donors (Lipinski definition) is 3. The lowest BCUT2D eigenvalue weighted by Gasteiger charge is -2.19. The Hall–Kier alpha value is -2.93. The summed E-state index contributed by atoms with van der Waals surface area (Å²) in [7, 11) is 0. The van der Waals surface area contributed by atoms with Crippen molar-refractivity contribution in [3.8, 4) is 11.1 Å².